The molecule has 0 radical (unpaired) electrons. The van der Waals surface area contributed by atoms with Crippen molar-refractivity contribution in [1.82, 2.24) is 0 Å². The summed E-state index contributed by atoms with van der Waals surface area (Å²) in [6.07, 6.45) is 0. The summed E-state index contributed by atoms with van der Waals surface area (Å²) in [6.45, 7) is 0. The van der Waals surface area contributed by atoms with Gasteiger partial charge in [-0.15, -0.1) is 0 Å². The molecule has 11 heavy (non-hydrogen) atoms. The Labute approximate surface area is 171 Å². The van der Waals surface area contributed by atoms with Crippen LogP contribution in [0.3, 0.4) is 0 Å². The summed E-state index contributed by atoms with van der Waals surface area (Å²) in [7, 11) is 0. The van der Waals surface area contributed by atoms with E-state index in [0.29, 0.717) is 0 Å². The topological polar surface area (TPSA) is 206 Å². The van der Waals surface area contributed by atoms with E-state index >= 15 is 0 Å². The third-order valence-corrected chi connectivity index (χ3v) is 0. The molecule has 0 aliphatic carbocycles. The van der Waals surface area contributed by atoms with E-state index in [0.717, 1.165) is 0 Å². The third kappa shape index (κ3) is 124. The van der Waals surface area contributed by atoms with E-state index < -0.39 is 0 Å². The van der Waals surface area contributed by atoms with Crippen molar-refractivity contribution in [2.24, 2.45) is 0 Å². The molecule has 0 spiro atoms. The molecule has 0 atom stereocenters. The van der Waals surface area contributed by atoms with Crippen molar-refractivity contribution in [2.45, 2.75) is 0 Å². The average Bonchev–Trinajstić information content (AvgIpc) is 0. The number of rotatable bonds is 0. The van der Waals surface area contributed by atoms with Crippen LogP contribution >= 0.6 is 0 Å². The molecule has 0 aliphatic rings. The SMILES string of the molecule is [Cr+4].[Cr+4].[K+].[K+].[O-2].[O-2].[O-2].[OH-].[OH-].[OH-].[OH-]. The van der Waals surface area contributed by atoms with Crippen molar-refractivity contribution >= 4 is 0 Å². The van der Waals surface area contributed by atoms with Crippen LogP contribution in [-0.4, -0.2) is 21.9 Å². The van der Waals surface area contributed by atoms with E-state index in [1.807, 2.05) is 0 Å². The Morgan fingerprint density at radius 3 is 0.364 bits per heavy atom. The van der Waals surface area contributed by atoms with Gasteiger partial charge in [0.15, 0.2) is 0 Å². The summed E-state index contributed by atoms with van der Waals surface area (Å²) in [5.74, 6) is 0. The molecule has 0 amide bonds. The summed E-state index contributed by atoms with van der Waals surface area (Å²) in [6, 6.07) is 0. The molecule has 0 heterocycles. The predicted octanol–water partition coefficient (Wildman–Crippen LogP) is -7.06. The maximum absolute atomic E-state index is 0. The van der Waals surface area contributed by atoms with Gasteiger partial charge in [-0.1, -0.05) is 0 Å². The summed E-state index contributed by atoms with van der Waals surface area (Å²) in [5, 5.41) is 0. The van der Waals surface area contributed by atoms with Gasteiger partial charge in [0.2, 0.25) is 0 Å². The molecule has 4 N–H and O–H groups in total. The van der Waals surface area contributed by atoms with Crippen LogP contribution < -0.4 is 103 Å². The standard InChI is InChI=1S/2Cr.2K.4H2O.3O/h;;;;4*1H2;;;/q2*+4;2*+1;;;;;3*-2/p-4. The van der Waals surface area contributed by atoms with Gasteiger partial charge in [0.05, 0.1) is 0 Å². The van der Waals surface area contributed by atoms with E-state index in [-0.39, 0.29) is 176 Å². The molecule has 0 aromatic carbocycles. The molecule has 0 fully saturated rings. The van der Waals surface area contributed by atoms with Gasteiger partial charge in [-0.05, 0) is 0 Å². The van der Waals surface area contributed by atoms with E-state index in [1.54, 1.807) is 0 Å². The third-order valence-electron chi connectivity index (χ3n) is 0. The summed E-state index contributed by atoms with van der Waals surface area (Å²) in [5.41, 5.74) is 0. The average molecular weight is 298 g/mol. The monoisotopic (exact) mass is 298 g/mol. The molecule has 11 heteroatoms. The number of hydrogen-bond acceptors (Lipinski definition) is 4. The van der Waals surface area contributed by atoms with Crippen molar-refractivity contribution in [3.05, 3.63) is 0 Å². The first-order valence-corrected chi connectivity index (χ1v) is 0. The summed E-state index contributed by atoms with van der Waals surface area (Å²) in [4.78, 5) is 0. The van der Waals surface area contributed by atoms with Crippen molar-refractivity contribution in [1.29, 1.82) is 0 Å². The zero-order valence-electron chi connectivity index (χ0n) is 5.83. The number of hydrogen-bond donors (Lipinski definition) is 0. The molecule has 0 unspecified atom stereocenters. The summed E-state index contributed by atoms with van der Waals surface area (Å²) < 4.78 is 0. The first-order chi connectivity index (χ1) is 0. The molecule has 0 aromatic rings. The Kier molecular flexibility index (Phi) is 2390. The Morgan fingerprint density at radius 2 is 0.364 bits per heavy atom. The molecular formula is H4Cr2K2O7. The molecule has 0 rings (SSSR count). The zero-order valence-corrected chi connectivity index (χ0v) is 14.6. The Bertz CT molecular complexity index is 14.4. The van der Waals surface area contributed by atoms with Crippen LogP contribution in [0.5, 0.6) is 0 Å². The van der Waals surface area contributed by atoms with Crippen LogP contribution in [-0.2, 0) is 51.2 Å². The minimum absolute atomic E-state index is 0. The fraction of sp³-hybridized carbons (Fsp3) is 0. The molecule has 0 aliphatic heterocycles. The molecule has 0 bridgehead atoms. The van der Waals surface area contributed by atoms with Gasteiger partial charge in [0.25, 0.3) is 0 Å². The van der Waals surface area contributed by atoms with Gasteiger partial charge in [0.1, 0.15) is 0 Å². The zero-order chi connectivity index (χ0) is 0. The van der Waals surface area contributed by atoms with Crippen molar-refractivity contribution in [3.8, 4) is 0 Å². The second-order valence-electron chi connectivity index (χ2n) is 0. The van der Waals surface area contributed by atoms with Crippen LogP contribution in [0.1, 0.15) is 0 Å². The minimum atomic E-state index is 0. The fourth-order valence-electron chi connectivity index (χ4n) is 0. The first kappa shape index (κ1) is 181. The van der Waals surface area contributed by atoms with Crippen molar-refractivity contribution < 1.29 is 176 Å². The Morgan fingerprint density at radius 1 is 0.364 bits per heavy atom. The minimum Gasteiger partial charge on any atom is -2.00 e. The quantitative estimate of drug-likeness (QED) is 0.399. The van der Waals surface area contributed by atoms with E-state index in [2.05, 4.69) is 0 Å². The van der Waals surface area contributed by atoms with E-state index in [9.17, 15) is 0 Å². The van der Waals surface area contributed by atoms with Crippen LogP contribution in [0.25, 0.3) is 0 Å². The normalized spacial score (nSPS) is 0. The molecular weight excluding hydrogens is 294 g/mol. The molecule has 7 nitrogen and oxygen atoms in total. The van der Waals surface area contributed by atoms with Crippen LogP contribution in [0.2, 0.25) is 0 Å². The van der Waals surface area contributed by atoms with E-state index in [1.165, 1.54) is 0 Å². The van der Waals surface area contributed by atoms with Gasteiger partial charge in [-0.2, -0.15) is 0 Å². The van der Waals surface area contributed by atoms with Gasteiger partial charge in [-0.3, -0.25) is 0 Å². The maximum Gasteiger partial charge on any atom is 4.00 e. The maximum atomic E-state index is 0. The fourth-order valence-corrected chi connectivity index (χ4v) is 0. The largest absolute Gasteiger partial charge is 4.00 e. The van der Waals surface area contributed by atoms with Crippen LogP contribution in [0, 0.1) is 0 Å². The van der Waals surface area contributed by atoms with E-state index in [4.69, 9.17) is 0 Å². The predicted molar refractivity (Wildman–Crippen MR) is 9.80 cm³/mol. The molecule has 60 valence electrons. The second-order valence-corrected chi connectivity index (χ2v) is 0. The van der Waals surface area contributed by atoms with Gasteiger partial charge >= 0.3 is 137 Å². The molecule has 0 aromatic heterocycles. The van der Waals surface area contributed by atoms with Gasteiger partial charge in [0, 0.05) is 0 Å². The Balaban J connectivity index is 0. The second kappa shape index (κ2) is 146. The van der Waals surface area contributed by atoms with Crippen molar-refractivity contribution in [3.63, 3.8) is 0 Å². The van der Waals surface area contributed by atoms with Crippen LogP contribution in [0.4, 0.5) is 0 Å². The van der Waals surface area contributed by atoms with Gasteiger partial charge < -0.3 is 38.3 Å². The molecule has 0 saturated heterocycles. The smallest absolute Gasteiger partial charge is 2.00 e. The van der Waals surface area contributed by atoms with Crippen molar-refractivity contribution in [2.75, 3.05) is 0 Å². The van der Waals surface area contributed by atoms with Crippen LogP contribution in [0.15, 0.2) is 0 Å². The Hall–Kier alpha value is 4.06. The molecule has 0 saturated carbocycles. The summed E-state index contributed by atoms with van der Waals surface area (Å²) >= 11 is 0. The van der Waals surface area contributed by atoms with Gasteiger partial charge in [-0.25, -0.2) is 0 Å². The first-order valence-electron chi connectivity index (χ1n) is 0.